The van der Waals surface area contributed by atoms with Crippen molar-refractivity contribution in [2.24, 2.45) is 17.8 Å². The Labute approximate surface area is 207 Å². The second kappa shape index (κ2) is 9.33. The topological polar surface area (TPSA) is 94.2 Å². The normalized spacial score (nSPS) is 27.5. The monoisotopic (exact) mass is 483 g/mol. The van der Waals surface area contributed by atoms with Gasteiger partial charge in [0.05, 0.1) is 0 Å². The molecule has 9 nitrogen and oxygen atoms in total. The molecule has 2 N–H and O–H groups in total. The highest BCUT2D eigenvalue weighted by Gasteiger charge is 2.43. The predicted molar refractivity (Wildman–Crippen MR) is 133 cm³/mol. The van der Waals surface area contributed by atoms with E-state index in [4.69, 9.17) is 4.74 Å². The molecule has 1 aromatic rings. The molecule has 0 bridgehead atoms. The molecule has 0 saturated carbocycles. The zero-order valence-electron chi connectivity index (χ0n) is 21.0. The first-order valence-corrected chi connectivity index (χ1v) is 12.8. The molecule has 4 heterocycles. The number of hydrogen-bond acceptors (Lipinski definition) is 7. The molecule has 3 amide bonds. The average Bonchev–Trinajstić information content (AvgIpc) is 3.31. The first-order chi connectivity index (χ1) is 16.6. The number of benzene rings is 1. The van der Waals surface area contributed by atoms with Crippen LogP contribution in [0, 0.1) is 17.8 Å². The Kier molecular flexibility index (Phi) is 6.38. The summed E-state index contributed by atoms with van der Waals surface area (Å²) in [4.78, 5) is 42.5. The molecule has 9 heteroatoms. The quantitative estimate of drug-likeness (QED) is 0.620. The van der Waals surface area contributed by atoms with Crippen molar-refractivity contribution >= 4 is 29.3 Å². The fourth-order valence-electron chi connectivity index (χ4n) is 5.78. The van der Waals surface area contributed by atoms with Gasteiger partial charge in [0, 0.05) is 69.5 Å². The van der Waals surface area contributed by atoms with Gasteiger partial charge in [0.2, 0.25) is 11.8 Å². The number of amides is 3. The van der Waals surface area contributed by atoms with Crippen LogP contribution in [-0.2, 0) is 14.3 Å². The van der Waals surface area contributed by atoms with Crippen molar-refractivity contribution in [2.45, 2.75) is 45.3 Å². The molecule has 5 rings (SSSR count). The minimum Gasteiger partial charge on any atom is -0.444 e. The number of carbonyl (C=O) groups excluding carboxylic acids is 3. The highest BCUT2D eigenvalue weighted by atomic mass is 16.6. The van der Waals surface area contributed by atoms with Crippen LogP contribution >= 0.6 is 0 Å². The SMILES string of the molecule is CC(C)(C)OC(=O)N1CC2CN(CC3CN(c4ccc(NC5CCC(=O)NC5=O)cc4)C3)CC2C1. The minimum absolute atomic E-state index is 0.175. The number of fused-ring (bicyclic) bond motifs is 1. The zero-order chi connectivity index (χ0) is 24.7. The number of rotatable bonds is 5. The van der Waals surface area contributed by atoms with Gasteiger partial charge < -0.3 is 24.8 Å². The Morgan fingerprint density at radius 2 is 1.69 bits per heavy atom. The molecule has 190 valence electrons. The molecule has 1 aromatic carbocycles. The number of nitrogens with zero attached hydrogens (tertiary/aromatic N) is 3. The molecular formula is C26H37N5O4. The number of anilines is 2. The summed E-state index contributed by atoms with van der Waals surface area (Å²) in [5, 5.41) is 5.61. The summed E-state index contributed by atoms with van der Waals surface area (Å²) in [5.41, 5.74) is 1.65. The van der Waals surface area contributed by atoms with Crippen molar-refractivity contribution in [3.63, 3.8) is 0 Å². The van der Waals surface area contributed by atoms with E-state index in [-0.39, 0.29) is 23.9 Å². The lowest BCUT2D eigenvalue weighted by atomic mass is 9.98. The molecule has 0 aliphatic carbocycles. The van der Waals surface area contributed by atoms with Gasteiger partial charge >= 0.3 is 6.09 Å². The smallest absolute Gasteiger partial charge is 0.410 e. The van der Waals surface area contributed by atoms with Crippen molar-refractivity contribution in [2.75, 3.05) is 56.0 Å². The molecule has 3 atom stereocenters. The predicted octanol–water partition coefficient (Wildman–Crippen LogP) is 2.14. The first-order valence-electron chi connectivity index (χ1n) is 12.8. The molecule has 4 aliphatic heterocycles. The standard InChI is InChI=1S/C26H37N5O4/c1-26(2,3)35-25(34)31-15-18-13-29(14-19(18)16-31)10-17-11-30(12-17)21-6-4-20(5-7-21)27-22-8-9-23(32)28-24(22)33/h4-7,17-19,22,27H,8-16H2,1-3H3,(H,28,32,33). The fourth-order valence-corrected chi connectivity index (χ4v) is 5.78. The van der Waals surface area contributed by atoms with E-state index in [9.17, 15) is 14.4 Å². The maximum Gasteiger partial charge on any atom is 0.410 e. The van der Waals surface area contributed by atoms with Crippen molar-refractivity contribution in [1.29, 1.82) is 0 Å². The Hall–Kier alpha value is -2.81. The molecule has 4 saturated heterocycles. The van der Waals surface area contributed by atoms with E-state index < -0.39 is 5.60 Å². The summed E-state index contributed by atoms with van der Waals surface area (Å²) >= 11 is 0. The van der Waals surface area contributed by atoms with Gasteiger partial charge in [-0.2, -0.15) is 0 Å². The Morgan fingerprint density at radius 3 is 2.29 bits per heavy atom. The number of imide groups is 1. The van der Waals surface area contributed by atoms with Crippen LogP contribution < -0.4 is 15.5 Å². The van der Waals surface area contributed by atoms with Crippen LogP contribution in [0.2, 0.25) is 0 Å². The lowest BCUT2D eigenvalue weighted by molar-refractivity contribution is -0.133. The van der Waals surface area contributed by atoms with Gasteiger partial charge in [-0.25, -0.2) is 4.79 Å². The highest BCUT2D eigenvalue weighted by molar-refractivity contribution is 6.01. The number of likely N-dealkylation sites (tertiary alicyclic amines) is 2. The van der Waals surface area contributed by atoms with E-state index in [2.05, 4.69) is 32.6 Å². The summed E-state index contributed by atoms with van der Waals surface area (Å²) in [6.45, 7) is 12.7. The van der Waals surface area contributed by atoms with Gasteiger partial charge in [-0.3, -0.25) is 14.9 Å². The van der Waals surface area contributed by atoms with Gasteiger partial charge in [-0.05, 0) is 63.3 Å². The molecular weight excluding hydrogens is 446 g/mol. The maximum atomic E-state index is 12.4. The lowest BCUT2D eigenvalue weighted by Gasteiger charge is -2.43. The van der Waals surface area contributed by atoms with Crippen LogP contribution in [0.1, 0.15) is 33.6 Å². The van der Waals surface area contributed by atoms with Gasteiger partial charge in [-0.1, -0.05) is 0 Å². The van der Waals surface area contributed by atoms with Crippen LogP contribution in [0.4, 0.5) is 16.2 Å². The van der Waals surface area contributed by atoms with Crippen LogP contribution in [0.5, 0.6) is 0 Å². The van der Waals surface area contributed by atoms with Crippen molar-refractivity contribution < 1.29 is 19.1 Å². The van der Waals surface area contributed by atoms with Crippen LogP contribution in [-0.4, -0.2) is 85.2 Å². The summed E-state index contributed by atoms with van der Waals surface area (Å²) < 4.78 is 5.55. The highest BCUT2D eigenvalue weighted by Crippen LogP contribution is 2.34. The second-order valence-electron chi connectivity index (χ2n) is 11.6. The van der Waals surface area contributed by atoms with Crippen molar-refractivity contribution in [3.05, 3.63) is 24.3 Å². The van der Waals surface area contributed by atoms with Crippen molar-refractivity contribution in [1.82, 2.24) is 15.1 Å². The molecule has 0 aromatic heterocycles. The number of piperidine rings is 1. The number of ether oxygens (including phenoxy) is 1. The third-order valence-corrected chi connectivity index (χ3v) is 7.50. The fraction of sp³-hybridized carbons (Fsp3) is 0.654. The van der Waals surface area contributed by atoms with Crippen LogP contribution in [0.3, 0.4) is 0 Å². The first kappa shape index (κ1) is 23.9. The molecule has 0 spiro atoms. The van der Waals surface area contributed by atoms with Crippen molar-refractivity contribution in [3.8, 4) is 0 Å². The molecule has 4 aliphatic rings. The van der Waals surface area contributed by atoms with Gasteiger partial charge in [0.25, 0.3) is 0 Å². The largest absolute Gasteiger partial charge is 0.444 e. The van der Waals surface area contributed by atoms with E-state index in [1.807, 2.05) is 37.8 Å². The van der Waals surface area contributed by atoms with E-state index in [1.54, 1.807) is 0 Å². The van der Waals surface area contributed by atoms with Gasteiger partial charge in [-0.15, -0.1) is 0 Å². The Morgan fingerprint density at radius 1 is 1.03 bits per heavy atom. The van der Waals surface area contributed by atoms with E-state index >= 15 is 0 Å². The van der Waals surface area contributed by atoms with E-state index in [0.29, 0.717) is 30.6 Å². The van der Waals surface area contributed by atoms with Gasteiger partial charge in [0.15, 0.2) is 0 Å². The summed E-state index contributed by atoms with van der Waals surface area (Å²) in [6, 6.07) is 7.84. The van der Waals surface area contributed by atoms with E-state index in [0.717, 1.165) is 51.5 Å². The van der Waals surface area contributed by atoms with Crippen LogP contribution in [0.25, 0.3) is 0 Å². The zero-order valence-corrected chi connectivity index (χ0v) is 21.0. The molecule has 0 radical (unpaired) electrons. The number of carbonyl (C=O) groups is 3. The Balaban J connectivity index is 1.03. The Bertz CT molecular complexity index is 955. The summed E-state index contributed by atoms with van der Waals surface area (Å²) in [5.74, 6) is 1.33. The van der Waals surface area contributed by atoms with E-state index in [1.165, 1.54) is 5.69 Å². The average molecular weight is 484 g/mol. The number of nitrogens with one attached hydrogen (secondary N) is 2. The maximum absolute atomic E-state index is 12.4. The summed E-state index contributed by atoms with van der Waals surface area (Å²) in [7, 11) is 0. The van der Waals surface area contributed by atoms with Gasteiger partial charge in [0.1, 0.15) is 11.6 Å². The lowest BCUT2D eigenvalue weighted by Crippen LogP contribution is -2.51. The minimum atomic E-state index is -0.443. The molecule has 3 unspecified atom stereocenters. The number of hydrogen-bond donors (Lipinski definition) is 2. The third-order valence-electron chi connectivity index (χ3n) is 7.50. The second-order valence-corrected chi connectivity index (χ2v) is 11.6. The van der Waals surface area contributed by atoms with Crippen LogP contribution in [0.15, 0.2) is 24.3 Å². The molecule has 35 heavy (non-hydrogen) atoms. The summed E-state index contributed by atoms with van der Waals surface area (Å²) in [6.07, 6.45) is 0.723. The third kappa shape index (κ3) is 5.55. The molecule has 4 fully saturated rings.